The number of fused-ring (bicyclic) bond motifs is 1. The highest BCUT2D eigenvalue weighted by molar-refractivity contribution is 6.41. The van der Waals surface area contributed by atoms with Crippen LogP contribution >= 0.6 is 23.2 Å². The van der Waals surface area contributed by atoms with Crippen molar-refractivity contribution in [2.45, 2.75) is 12.1 Å². The predicted molar refractivity (Wildman–Crippen MR) is 126 cm³/mol. The Bertz CT molecular complexity index is 1190. The van der Waals surface area contributed by atoms with Crippen molar-refractivity contribution < 1.29 is 19.0 Å². The van der Waals surface area contributed by atoms with Gasteiger partial charge in [0.25, 0.3) is 0 Å². The molecule has 33 heavy (non-hydrogen) atoms. The van der Waals surface area contributed by atoms with E-state index in [1.54, 1.807) is 24.5 Å². The van der Waals surface area contributed by atoms with E-state index in [4.69, 9.17) is 37.4 Å². The number of carbonyl (C=O) groups is 1. The number of hydrogen-bond donors (Lipinski definition) is 2. The Morgan fingerprint density at radius 3 is 2.48 bits per heavy atom. The van der Waals surface area contributed by atoms with E-state index in [2.05, 4.69) is 32.2 Å². The third kappa shape index (κ3) is 4.66. The minimum Gasteiger partial charge on any atom is -0.495 e. The number of methoxy groups -OCH3 is 2. The number of ether oxygens (including phenoxy) is 3. The summed E-state index contributed by atoms with van der Waals surface area (Å²) in [5.41, 5.74) is 1.63. The van der Waals surface area contributed by atoms with Crippen LogP contribution in [0.5, 0.6) is 11.5 Å². The molecular formula is C22H21Cl2N5O4. The van der Waals surface area contributed by atoms with Crippen LogP contribution < -0.4 is 20.1 Å². The summed E-state index contributed by atoms with van der Waals surface area (Å²) in [7, 11) is 3.02. The van der Waals surface area contributed by atoms with Crippen LogP contribution in [0.2, 0.25) is 10.0 Å². The van der Waals surface area contributed by atoms with Crippen LogP contribution in [-0.4, -0.2) is 60.4 Å². The summed E-state index contributed by atoms with van der Waals surface area (Å²) < 4.78 is 16.2. The molecule has 3 heterocycles. The molecule has 0 unspecified atom stereocenters. The van der Waals surface area contributed by atoms with Crippen molar-refractivity contribution in [3.63, 3.8) is 0 Å². The molecule has 172 valence electrons. The van der Waals surface area contributed by atoms with Gasteiger partial charge in [-0.1, -0.05) is 29.8 Å². The maximum atomic E-state index is 11.6. The topological polar surface area (TPSA) is 107 Å². The number of anilines is 1. The van der Waals surface area contributed by atoms with E-state index in [1.165, 1.54) is 20.3 Å². The first-order chi connectivity index (χ1) is 15.9. The quantitative estimate of drug-likeness (QED) is 0.485. The lowest BCUT2D eigenvalue weighted by Gasteiger charge is -2.19. The van der Waals surface area contributed by atoms with Crippen molar-refractivity contribution in [1.82, 2.24) is 20.3 Å². The molecule has 11 heteroatoms. The molecule has 4 rings (SSSR count). The second kappa shape index (κ2) is 9.78. The van der Waals surface area contributed by atoms with Crippen LogP contribution in [-0.2, 0) is 9.53 Å². The van der Waals surface area contributed by atoms with E-state index >= 15 is 0 Å². The van der Waals surface area contributed by atoms with Crippen LogP contribution in [0.15, 0.2) is 37.2 Å². The third-order valence-electron chi connectivity index (χ3n) is 5.20. The fourth-order valence-electron chi connectivity index (χ4n) is 3.50. The van der Waals surface area contributed by atoms with Crippen LogP contribution in [0.25, 0.3) is 22.2 Å². The highest BCUT2D eigenvalue weighted by atomic mass is 35.5. The fourth-order valence-corrected chi connectivity index (χ4v) is 4.19. The summed E-state index contributed by atoms with van der Waals surface area (Å²) in [6, 6.07) is 3.01. The molecule has 1 fully saturated rings. The van der Waals surface area contributed by atoms with Gasteiger partial charge in [-0.25, -0.2) is 9.97 Å². The zero-order valence-corrected chi connectivity index (χ0v) is 19.4. The normalized spacial score (nSPS) is 17.6. The third-order valence-corrected chi connectivity index (χ3v) is 5.95. The first kappa shape index (κ1) is 23.0. The molecule has 0 aliphatic carbocycles. The molecule has 9 nitrogen and oxygen atoms in total. The molecule has 1 aromatic carbocycles. The maximum absolute atomic E-state index is 11.6. The van der Waals surface area contributed by atoms with E-state index in [-0.39, 0.29) is 18.0 Å². The lowest BCUT2D eigenvalue weighted by molar-refractivity contribution is -0.117. The van der Waals surface area contributed by atoms with Gasteiger partial charge in [0.1, 0.15) is 11.5 Å². The Morgan fingerprint density at radius 2 is 1.82 bits per heavy atom. The van der Waals surface area contributed by atoms with Gasteiger partial charge >= 0.3 is 0 Å². The smallest absolute Gasteiger partial charge is 0.243 e. The maximum Gasteiger partial charge on any atom is 0.243 e. The number of rotatable bonds is 7. The van der Waals surface area contributed by atoms with Gasteiger partial charge in [-0.2, -0.15) is 0 Å². The minimum absolute atomic E-state index is 0.180. The zero-order valence-electron chi connectivity index (χ0n) is 17.9. The molecule has 2 aromatic heterocycles. The molecule has 0 spiro atoms. The summed E-state index contributed by atoms with van der Waals surface area (Å²) in [6.45, 7) is 4.27. The standard InChI is InChI=1S/C22H21Cl2N5O4/c1-4-18(30)27-14-9-33-10-15(14)29-22-26-7-11-5-12(25-8-13(11)28-22)19-20(23)16(31-2)6-17(32-3)21(19)24/h4-8,14-15H,1,9-10H2,2-3H3,(H,27,30)(H,26,28,29)/t14-,15+/m0/s1. The Kier molecular flexibility index (Phi) is 6.83. The van der Waals surface area contributed by atoms with Crippen LogP contribution in [0.4, 0.5) is 5.95 Å². The van der Waals surface area contributed by atoms with Gasteiger partial charge in [0.15, 0.2) is 0 Å². The Morgan fingerprint density at radius 1 is 1.12 bits per heavy atom. The average Bonchev–Trinajstić information content (AvgIpc) is 3.25. The number of hydrogen-bond acceptors (Lipinski definition) is 8. The van der Waals surface area contributed by atoms with Gasteiger partial charge in [0.2, 0.25) is 11.9 Å². The molecule has 2 N–H and O–H groups in total. The zero-order chi connectivity index (χ0) is 23.5. The van der Waals surface area contributed by atoms with Crippen molar-refractivity contribution >= 4 is 46.0 Å². The molecule has 1 aliphatic rings. The summed E-state index contributed by atoms with van der Waals surface area (Å²) in [6.07, 6.45) is 4.50. The van der Waals surface area contributed by atoms with Gasteiger partial charge in [-0.3, -0.25) is 9.78 Å². The van der Waals surface area contributed by atoms with Crippen molar-refractivity contribution in [2.75, 3.05) is 32.8 Å². The molecule has 1 aliphatic heterocycles. The predicted octanol–water partition coefficient (Wildman–Crippen LogP) is 3.50. The Hall–Kier alpha value is -3.14. The number of carbonyl (C=O) groups excluding carboxylic acids is 1. The lowest BCUT2D eigenvalue weighted by atomic mass is 10.1. The van der Waals surface area contributed by atoms with Gasteiger partial charge in [0, 0.05) is 23.2 Å². The van der Waals surface area contributed by atoms with E-state index in [1.807, 2.05) is 0 Å². The van der Waals surface area contributed by atoms with E-state index in [0.29, 0.717) is 57.5 Å². The van der Waals surface area contributed by atoms with Crippen molar-refractivity contribution in [2.24, 2.45) is 0 Å². The fraction of sp³-hybridized carbons (Fsp3) is 0.273. The molecule has 1 saturated heterocycles. The number of halogens is 2. The second-order valence-corrected chi connectivity index (χ2v) is 7.97. The van der Waals surface area contributed by atoms with E-state index in [0.717, 1.165) is 5.39 Å². The molecular weight excluding hydrogens is 469 g/mol. The molecule has 0 saturated carbocycles. The minimum atomic E-state index is -0.264. The average molecular weight is 490 g/mol. The number of amides is 1. The first-order valence-corrected chi connectivity index (χ1v) is 10.7. The number of nitrogens with zero attached hydrogens (tertiary/aromatic N) is 3. The van der Waals surface area contributed by atoms with Crippen molar-refractivity contribution in [3.05, 3.63) is 47.2 Å². The van der Waals surface area contributed by atoms with Crippen LogP contribution in [0.1, 0.15) is 0 Å². The highest BCUT2D eigenvalue weighted by Crippen LogP contribution is 2.45. The van der Waals surface area contributed by atoms with E-state index in [9.17, 15) is 4.79 Å². The van der Waals surface area contributed by atoms with Crippen molar-refractivity contribution in [1.29, 1.82) is 0 Å². The molecule has 1 amide bonds. The molecule has 0 radical (unpaired) electrons. The monoisotopic (exact) mass is 489 g/mol. The highest BCUT2D eigenvalue weighted by Gasteiger charge is 2.29. The number of aromatic nitrogens is 3. The Balaban J connectivity index is 1.63. The van der Waals surface area contributed by atoms with Gasteiger partial charge in [-0.05, 0) is 12.1 Å². The van der Waals surface area contributed by atoms with Gasteiger partial charge in [0.05, 0.1) is 67.0 Å². The van der Waals surface area contributed by atoms with E-state index < -0.39 is 0 Å². The second-order valence-electron chi connectivity index (χ2n) is 7.21. The number of pyridine rings is 1. The lowest BCUT2D eigenvalue weighted by Crippen LogP contribution is -2.45. The van der Waals surface area contributed by atoms with Crippen molar-refractivity contribution in [3.8, 4) is 22.8 Å². The number of benzene rings is 1. The van der Waals surface area contributed by atoms with Crippen LogP contribution in [0.3, 0.4) is 0 Å². The molecule has 2 atom stereocenters. The molecule has 3 aromatic rings. The number of nitrogens with one attached hydrogen (secondary N) is 2. The summed E-state index contributed by atoms with van der Waals surface area (Å²) in [4.78, 5) is 25.1. The summed E-state index contributed by atoms with van der Waals surface area (Å²) >= 11 is 13.0. The van der Waals surface area contributed by atoms with Crippen LogP contribution in [0, 0.1) is 0 Å². The largest absolute Gasteiger partial charge is 0.495 e. The molecule has 0 bridgehead atoms. The summed E-state index contributed by atoms with van der Waals surface area (Å²) in [5.74, 6) is 0.967. The first-order valence-electron chi connectivity index (χ1n) is 9.95. The Labute approximate surface area is 200 Å². The SMILES string of the molecule is C=CC(=O)N[C@H]1COC[C@H]1Nc1ncc2cc(-c3c(Cl)c(OC)cc(OC)c3Cl)ncc2n1. The van der Waals surface area contributed by atoms with Gasteiger partial charge < -0.3 is 24.8 Å². The van der Waals surface area contributed by atoms with Gasteiger partial charge in [-0.15, -0.1) is 0 Å². The summed E-state index contributed by atoms with van der Waals surface area (Å²) in [5, 5.41) is 7.42.